The van der Waals surface area contributed by atoms with Crippen molar-refractivity contribution >= 4 is 23.5 Å². The van der Waals surface area contributed by atoms with Gasteiger partial charge in [-0.05, 0) is 62.6 Å². The Morgan fingerprint density at radius 2 is 1.62 bits per heavy atom. The van der Waals surface area contributed by atoms with Crippen LogP contribution in [0.1, 0.15) is 58.5 Å². The fraction of sp³-hybridized carbons (Fsp3) is 0.276. The van der Waals surface area contributed by atoms with Gasteiger partial charge in [0.1, 0.15) is 17.2 Å². The summed E-state index contributed by atoms with van der Waals surface area (Å²) in [6.07, 6.45) is -0.656. The highest BCUT2D eigenvalue weighted by atomic mass is 19.1. The van der Waals surface area contributed by atoms with Crippen LogP contribution in [0.3, 0.4) is 0 Å². The third-order valence-electron chi connectivity index (χ3n) is 5.46. The molecule has 0 saturated heterocycles. The van der Waals surface area contributed by atoms with E-state index in [9.17, 15) is 18.8 Å². The van der Waals surface area contributed by atoms with Gasteiger partial charge in [-0.1, -0.05) is 36.4 Å². The molecular formula is C29H30FNO6. The first-order valence-electron chi connectivity index (χ1n) is 11.7. The fourth-order valence-corrected chi connectivity index (χ4v) is 3.88. The highest BCUT2D eigenvalue weighted by Crippen LogP contribution is 2.34. The van der Waals surface area contributed by atoms with E-state index in [0.717, 1.165) is 6.07 Å². The summed E-state index contributed by atoms with van der Waals surface area (Å²) < 4.78 is 29.9. The van der Waals surface area contributed by atoms with Crippen molar-refractivity contribution in [3.63, 3.8) is 0 Å². The molecule has 0 aliphatic heterocycles. The monoisotopic (exact) mass is 507 g/mol. The third-order valence-corrected chi connectivity index (χ3v) is 5.46. The zero-order valence-electron chi connectivity index (χ0n) is 21.5. The summed E-state index contributed by atoms with van der Waals surface area (Å²) in [5.41, 5.74) is 0.931. The van der Waals surface area contributed by atoms with Gasteiger partial charge in [0.2, 0.25) is 0 Å². The number of halogens is 1. The third kappa shape index (κ3) is 7.39. The molecule has 1 amide bonds. The minimum Gasteiger partial charge on any atom is -0.497 e. The van der Waals surface area contributed by atoms with Crippen molar-refractivity contribution in [1.29, 1.82) is 0 Å². The summed E-state index contributed by atoms with van der Waals surface area (Å²) in [5.74, 6) is -1.96. The minimum absolute atomic E-state index is 0.0326. The zero-order chi connectivity index (χ0) is 27.2. The molecule has 0 fully saturated rings. The molecule has 0 heterocycles. The summed E-state index contributed by atoms with van der Waals surface area (Å²) in [7, 11) is 2.70. The van der Waals surface area contributed by atoms with E-state index < -0.39 is 29.4 Å². The van der Waals surface area contributed by atoms with E-state index in [2.05, 4.69) is 5.32 Å². The number of nitrogens with one attached hydrogen (secondary N) is 1. The molecule has 8 heteroatoms. The van der Waals surface area contributed by atoms with Crippen molar-refractivity contribution < 1.29 is 33.0 Å². The molecule has 3 aromatic carbocycles. The van der Waals surface area contributed by atoms with E-state index in [1.807, 2.05) is 0 Å². The molecule has 0 radical (unpaired) electrons. The second-order valence-electron chi connectivity index (χ2n) is 9.41. The van der Waals surface area contributed by atoms with Crippen molar-refractivity contribution in [3.05, 3.63) is 94.8 Å². The summed E-state index contributed by atoms with van der Waals surface area (Å²) in [6, 6.07) is 17.4. The SMILES string of the molecule is COC(=O)c1cc(F)cc(CC(C(=O)c2ccccc2)c2ccc(OC)cc2NC(=O)OC(C)(C)C)c1. The van der Waals surface area contributed by atoms with E-state index >= 15 is 0 Å². The second-order valence-corrected chi connectivity index (χ2v) is 9.41. The van der Waals surface area contributed by atoms with E-state index in [1.54, 1.807) is 69.3 Å². The summed E-state index contributed by atoms with van der Waals surface area (Å²) >= 11 is 0. The van der Waals surface area contributed by atoms with Crippen molar-refractivity contribution in [2.24, 2.45) is 0 Å². The summed E-state index contributed by atoms with van der Waals surface area (Å²) in [6.45, 7) is 5.22. The molecule has 1 unspecified atom stereocenters. The summed E-state index contributed by atoms with van der Waals surface area (Å²) in [4.78, 5) is 38.5. The fourth-order valence-electron chi connectivity index (χ4n) is 3.88. The van der Waals surface area contributed by atoms with Crippen molar-refractivity contribution in [3.8, 4) is 5.75 Å². The maximum absolute atomic E-state index is 14.4. The van der Waals surface area contributed by atoms with Gasteiger partial charge < -0.3 is 14.2 Å². The Bertz CT molecular complexity index is 1280. The Kier molecular flexibility index (Phi) is 8.65. The molecule has 0 aliphatic carbocycles. The van der Waals surface area contributed by atoms with Gasteiger partial charge >= 0.3 is 12.1 Å². The van der Waals surface area contributed by atoms with Crippen LogP contribution in [0.5, 0.6) is 5.75 Å². The van der Waals surface area contributed by atoms with Gasteiger partial charge in [-0.25, -0.2) is 14.0 Å². The lowest BCUT2D eigenvalue weighted by molar-refractivity contribution is 0.0597. The van der Waals surface area contributed by atoms with Crippen LogP contribution in [0.2, 0.25) is 0 Å². The average Bonchev–Trinajstić information content (AvgIpc) is 2.85. The molecule has 37 heavy (non-hydrogen) atoms. The number of methoxy groups -OCH3 is 2. The first-order chi connectivity index (χ1) is 17.5. The smallest absolute Gasteiger partial charge is 0.412 e. The molecule has 3 aromatic rings. The molecule has 0 spiro atoms. The van der Waals surface area contributed by atoms with Crippen molar-refractivity contribution in [2.75, 3.05) is 19.5 Å². The van der Waals surface area contributed by atoms with Crippen LogP contribution in [0.25, 0.3) is 0 Å². The number of benzene rings is 3. The number of esters is 1. The number of rotatable bonds is 8. The number of ether oxygens (including phenoxy) is 3. The maximum atomic E-state index is 14.4. The molecule has 0 bridgehead atoms. The van der Waals surface area contributed by atoms with Gasteiger partial charge in [0.05, 0.1) is 31.4 Å². The van der Waals surface area contributed by atoms with Crippen LogP contribution in [-0.4, -0.2) is 37.7 Å². The van der Waals surface area contributed by atoms with Gasteiger partial charge in [0.15, 0.2) is 5.78 Å². The van der Waals surface area contributed by atoms with Crippen LogP contribution in [0.15, 0.2) is 66.7 Å². The van der Waals surface area contributed by atoms with Crippen LogP contribution in [0.4, 0.5) is 14.9 Å². The molecule has 0 aromatic heterocycles. The van der Waals surface area contributed by atoms with E-state index in [4.69, 9.17) is 14.2 Å². The minimum atomic E-state index is -0.842. The summed E-state index contributed by atoms with van der Waals surface area (Å²) in [5, 5.41) is 2.72. The van der Waals surface area contributed by atoms with E-state index in [0.29, 0.717) is 28.1 Å². The van der Waals surface area contributed by atoms with Crippen LogP contribution in [-0.2, 0) is 15.9 Å². The Hall–Kier alpha value is -4.20. The molecule has 0 saturated carbocycles. The molecule has 7 nitrogen and oxygen atoms in total. The molecule has 1 atom stereocenters. The zero-order valence-corrected chi connectivity index (χ0v) is 21.5. The number of anilines is 1. The lowest BCUT2D eigenvalue weighted by Gasteiger charge is -2.23. The number of ketones is 1. The van der Waals surface area contributed by atoms with Gasteiger partial charge in [-0.2, -0.15) is 0 Å². The normalized spacial score (nSPS) is 11.8. The number of carbonyl (C=O) groups excluding carboxylic acids is 3. The largest absolute Gasteiger partial charge is 0.497 e. The molecule has 1 N–H and O–H groups in total. The van der Waals surface area contributed by atoms with Crippen molar-refractivity contribution in [2.45, 2.75) is 38.7 Å². The Balaban J connectivity index is 2.11. The average molecular weight is 508 g/mol. The molecule has 194 valence electrons. The Morgan fingerprint density at radius 3 is 2.24 bits per heavy atom. The lowest BCUT2D eigenvalue weighted by Crippen LogP contribution is -2.28. The van der Waals surface area contributed by atoms with Crippen LogP contribution in [0, 0.1) is 5.82 Å². The highest BCUT2D eigenvalue weighted by Gasteiger charge is 2.27. The number of Topliss-reactive ketones (excluding diaryl/α,β-unsaturated/α-hetero) is 1. The molecule has 0 aliphatic rings. The molecular weight excluding hydrogens is 477 g/mol. The predicted molar refractivity (Wildman–Crippen MR) is 138 cm³/mol. The Labute approximate surface area is 215 Å². The van der Waals surface area contributed by atoms with Crippen molar-refractivity contribution in [1.82, 2.24) is 0 Å². The molecule has 3 rings (SSSR count). The number of hydrogen-bond donors (Lipinski definition) is 1. The number of amides is 1. The van der Waals surface area contributed by atoms with Crippen LogP contribution >= 0.6 is 0 Å². The Morgan fingerprint density at radius 1 is 0.919 bits per heavy atom. The van der Waals surface area contributed by atoms with Crippen LogP contribution < -0.4 is 10.1 Å². The van der Waals surface area contributed by atoms with Gasteiger partial charge in [0.25, 0.3) is 0 Å². The number of carbonyl (C=O) groups is 3. The lowest BCUT2D eigenvalue weighted by atomic mass is 9.84. The first kappa shape index (κ1) is 27.4. The van der Waals surface area contributed by atoms with Gasteiger partial charge in [-0.3, -0.25) is 10.1 Å². The topological polar surface area (TPSA) is 90.9 Å². The second kappa shape index (κ2) is 11.7. The highest BCUT2D eigenvalue weighted by molar-refractivity contribution is 6.02. The van der Waals surface area contributed by atoms with Gasteiger partial charge in [-0.15, -0.1) is 0 Å². The van der Waals surface area contributed by atoms with Gasteiger partial charge in [0, 0.05) is 11.6 Å². The standard InChI is InChI=1S/C29H30FNO6/c1-29(2,3)37-28(34)31-25-17-22(35-4)11-12-23(25)24(26(32)19-9-7-6-8-10-19)15-18-13-20(27(33)36-5)16-21(30)14-18/h6-14,16-17,24H,15H2,1-5H3,(H,31,34). The van der Waals surface area contributed by atoms with E-state index in [1.165, 1.54) is 26.4 Å². The quantitative estimate of drug-likeness (QED) is 0.289. The maximum Gasteiger partial charge on any atom is 0.412 e. The first-order valence-corrected chi connectivity index (χ1v) is 11.7. The van der Waals surface area contributed by atoms with E-state index in [-0.39, 0.29) is 17.8 Å². The predicted octanol–water partition coefficient (Wildman–Crippen LogP) is 6.18. The number of hydrogen-bond acceptors (Lipinski definition) is 6.